The standard InChI is InChI=1S/C14H19NO2/c1-14(2,3)17-12-6-4-5-10(9-12)13(16)15-11-7-8-11/h4-6,9,11H,7-8H2,1-3H3,(H,15,16). The molecule has 0 spiro atoms. The van der Waals surface area contributed by atoms with Crippen LogP contribution >= 0.6 is 0 Å². The van der Waals surface area contributed by atoms with E-state index in [1.807, 2.05) is 39.0 Å². The van der Waals surface area contributed by atoms with Crippen molar-refractivity contribution in [1.82, 2.24) is 5.32 Å². The van der Waals surface area contributed by atoms with Crippen LogP contribution in [0.2, 0.25) is 0 Å². The Bertz CT molecular complexity index is 416. The third-order valence-electron chi connectivity index (χ3n) is 2.43. The number of carbonyl (C=O) groups excluding carboxylic acids is 1. The highest BCUT2D eigenvalue weighted by Gasteiger charge is 2.24. The molecule has 0 bridgehead atoms. The van der Waals surface area contributed by atoms with E-state index in [0.717, 1.165) is 18.6 Å². The molecule has 0 saturated heterocycles. The van der Waals surface area contributed by atoms with E-state index in [1.54, 1.807) is 6.07 Å². The molecule has 2 rings (SSSR count). The lowest BCUT2D eigenvalue weighted by Gasteiger charge is -2.21. The van der Waals surface area contributed by atoms with Crippen molar-refractivity contribution in [3.05, 3.63) is 29.8 Å². The summed E-state index contributed by atoms with van der Waals surface area (Å²) < 4.78 is 5.73. The van der Waals surface area contributed by atoms with Crippen molar-refractivity contribution in [3.63, 3.8) is 0 Å². The van der Waals surface area contributed by atoms with Crippen molar-refractivity contribution in [2.45, 2.75) is 45.3 Å². The molecule has 1 N–H and O–H groups in total. The fraction of sp³-hybridized carbons (Fsp3) is 0.500. The molecule has 17 heavy (non-hydrogen) atoms. The van der Waals surface area contributed by atoms with E-state index in [4.69, 9.17) is 4.74 Å². The Kier molecular flexibility index (Phi) is 3.09. The predicted molar refractivity (Wildman–Crippen MR) is 67.3 cm³/mol. The first-order valence-corrected chi connectivity index (χ1v) is 6.04. The topological polar surface area (TPSA) is 38.3 Å². The molecule has 1 aliphatic rings. The molecule has 3 heteroatoms. The quantitative estimate of drug-likeness (QED) is 0.871. The van der Waals surface area contributed by atoms with Gasteiger partial charge in [-0.1, -0.05) is 6.07 Å². The first kappa shape index (κ1) is 12.0. The fourth-order valence-electron chi connectivity index (χ4n) is 1.55. The monoisotopic (exact) mass is 233 g/mol. The van der Waals surface area contributed by atoms with Crippen molar-refractivity contribution in [2.24, 2.45) is 0 Å². The van der Waals surface area contributed by atoms with Crippen molar-refractivity contribution in [1.29, 1.82) is 0 Å². The highest BCUT2D eigenvalue weighted by molar-refractivity contribution is 5.94. The Morgan fingerprint density at radius 2 is 2.06 bits per heavy atom. The van der Waals surface area contributed by atoms with Gasteiger partial charge in [0.2, 0.25) is 0 Å². The minimum Gasteiger partial charge on any atom is -0.488 e. The second-order valence-corrected chi connectivity index (χ2v) is 5.49. The summed E-state index contributed by atoms with van der Waals surface area (Å²) in [6, 6.07) is 7.72. The van der Waals surface area contributed by atoms with Crippen LogP contribution in [0.15, 0.2) is 24.3 Å². The van der Waals surface area contributed by atoms with Crippen LogP contribution in [0.5, 0.6) is 5.75 Å². The zero-order valence-electron chi connectivity index (χ0n) is 10.6. The van der Waals surface area contributed by atoms with E-state index in [1.165, 1.54) is 0 Å². The molecule has 1 aromatic carbocycles. The first-order valence-electron chi connectivity index (χ1n) is 6.04. The van der Waals surface area contributed by atoms with E-state index in [0.29, 0.717) is 11.6 Å². The SMILES string of the molecule is CC(C)(C)Oc1cccc(C(=O)NC2CC2)c1. The number of ether oxygens (including phenoxy) is 1. The first-order chi connectivity index (χ1) is 7.94. The Labute approximate surface area is 102 Å². The normalized spacial score (nSPS) is 15.5. The van der Waals surface area contributed by atoms with Gasteiger partial charge in [0, 0.05) is 11.6 Å². The van der Waals surface area contributed by atoms with Gasteiger partial charge < -0.3 is 10.1 Å². The van der Waals surface area contributed by atoms with Gasteiger partial charge in [-0.3, -0.25) is 4.79 Å². The van der Waals surface area contributed by atoms with E-state index in [-0.39, 0.29) is 11.5 Å². The Balaban J connectivity index is 2.07. The summed E-state index contributed by atoms with van der Waals surface area (Å²) in [6.45, 7) is 5.97. The molecule has 0 heterocycles. The van der Waals surface area contributed by atoms with Crippen LogP contribution in [-0.2, 0) is 0 Å². The smallest absolute Gasteiger partial charge is 0.251 e. The number of benzene rings is 1. The van der Waals surface area contributed by atoms with Crippen LogP contribution in [0.25, 0.3) is 0 Å². The van der Waals surface area contributed by atoms with Gasteiger partial charge in [-0.25, -0.2) is 0 Å². The maximum Gasteiger partial charge on any atom is 0.251 e. The Morgan fingerprint density at radius 1 is 1.35 bits per heavy atom. The number of hydrogen-bond donors (Lipinski definition) is 1. The third kappa shape index (κ3) is 3.77. The maximum absolute atomic E-state index is 11.8. The summed E-state index contributed by atoms with van der Waals surface area (Å²) in [5, 5.41) is 2.97. The van der Waals surface area contributed by atoms with Crippen LogP contribution in [0.4, 0.5) is 0 Å². The molecule has 92 valence electrons. The number of amides is 1. The lowest BCUT2D eigenvalue weighted by Crippen LogP contribution is -2.26. The van der Waals surface area contributed by atoms with Gasteiger partial charge in [-0.05, 0) is 51.8 Å². The number of nitrogens with one attached hydrogen (secondary N) is 1. The molecule has 0 radical (unpaired) electrons. The van der Waals surface area contributed by atoms with Crippen LogP contribution in [-0.4, -0.2) is 17.6 Å². The zero-order valence-corrected chi connectivity index (χ0v) is 10.6. The van der Waals surface area contributed by atoms with Gasteiger partial charge in [0.15, 0.2) is 0 Å². The van der Waals surface area contributed by atoms with E-state index >= 15 is 0 Å². The highest BCUT2D eigenvalue weighted by Crippen LogP contribution is 2.22. The van der Waals surface area contributed by atoms with Gasteiger partial charge in [0.25, 0.3) is 5.91 Å². The van der Waals surface area contributed by atoms with Crippen LogP contribution in [0.1, 0.15) is 44.0 Å². The van der Waals surface area contributed by atoms with Gasteiger partial charge in [0.05, 0.1) is 0 Å². The number of rotatable bonds is 3. The van der Waals surface area contributed by atoms with Gasteiger partial charge >= 0.3 is 0 Å². The Hall–Kier alpha value is -1.51. The summed E-state index contributed by atoms with van der Waals surface area (Å²) in [4.78, 5) is 11.8. The minimum atomic E-state index is -0.244. The molecule has 1 saturated carbocycles. The second-order valence-electron chi connectivity index (χ2n) is 5.49. The number of carbonyl (C=O) groups is 1. The van der Waals surface area contributed by atoms with Crippen molar-refractivity contribution < 1.29 is 9.53 Å². The summed E-state index contributed by atoms with van der Waals surface area (Å²) in [6.07, 6.45) is 2.20. The zero-order chi connectivity index (χ0) is 12.5. The highest BCUT2D eigenvalue weighted by atomic mass is 16.5. The van der Waals surface area contributed by atoms with Gasteiger partial charge in [0.1, 0.15) is 11.4 Å². The lowest BCUT2D eigenvalue weighted by molar-refractivity contribution is 0.0948. The van der Waals surface area contributed by atoms with Crippen LogP contribution < -0.4 is 10.1 Å². The third-order valence-corrected chi connectivity index (χ3v) is 2.43. The van der Waals surface area contributed by atoms with E-state index in [9.17, 15) is 4.79 Å². The largest absolute Gasteiger partial charge is 0.488 e. The van der Waals surface area contributed by atoms with Gasteiger partial charge in [-0.15, -0.1) is 0 Å². The molecular weight excluding hydrogens is 214 g/mol. The molecule has 0 aromatic heterocycles. The molecular formula is C14H19NO2. The molecule has 1 amide bonds. The molecule has 1 aromatic rings. The molecule has 0 unspecified atom stereocenters. The summed E-state index contributed by atoms with van der Waals surface area (Å²) >= 11 is 0. The van der Waals surface area contributed by atoms with Crippen LogP contribution in [0.3, 0.4) is 0 Å². The molecule has 1 aliphatic carbocycles. The summed E-state index contributed by atoms with van der Waals surface area (Å²) in [5.74, 6) is 0.729. The van der Waals surface area contributed by atoms with Gasteiger partial charge in [-0.2, -0.15) is 0 Å². The fourth-order valence-corrected chi connectivity index (χ4v) is 1.55. The molecule has 1 fully saturated rings. The molecule has 3 nitrogen and oxygen atoms in total. The minimum absolute atomic E-state index is 0.00754. The predicted octanol–water partition coefficient (Wildman–Crippen LogP) is 2.76. The molecule has 0 atom stereocenters. The van der Waals surface area contributed by atoms with E-state index < -0.39 is 0 Å². The number of hydrogen-bond acceptors (Lipinski definition) is 2. The lowest BCUT2D eigenvalue weighted by atomic mass is 10.1. The second kappa shape index (κ2) is 4.40. The average Bonchev–Trinajstić information content (AvgIpc) is 2.99. The summed E-state index contributed by atoms with van der Waals surface area (Å²) in [7, 11) is 0. The van der Waals surface area contributed by atoms with Crippen LogP contribution in [0, 0.1) is 0 Å². The average molecular weight is 233 g/mol. The Morgan fingerprint density at radius 3 is 2.65 bits per heavy atom. The van der Waals surface area contributed by atoms with Crippen molar-refractivity contribution in [3.8, 4) is 5.75 Å². The summed E-state index contributed by atoms with van der Waals surface area (Å²) in [5.41, 5.74) is 0.421. The maximum atomic E-state index is 11.8. The van der Waals surface area contributed by atoms with Crippen molar-refractivity contribution in [2.75, 3.05) is 0 Å². The van der Waals surface area contributed by atoms with E-state index in [2.05, 4.69) is 5.32 Å². The van der Waals surface area contributed by atoms with Crippen molar-refractivity contribution >= 4 is 5.91 Å². The molecule has 0 aliphatic heterocycles.